The summed E-state index contributed by atoms with van der Waals surface area (Å²) < 4.78 is 0. The molecule has 160 valence electrons. The summed E-state index contributed by atoms with van der Waals surface area (Å²) in [6.45, 7) is 2.27. The third-order valence-corrected chi connectivity index (χ3v) is 5.64. The first-order valence-electron chi connectivity index (χ1n) is 11.6. The second-order valence-corrected chi connectivity index (χ2v) is 8.14. The molecule has 4 heteroatoms. The lowest BCUT2D eigenvalue weighted by Gasteiger charge is -2.07. The lowest BCUT2D eigenvalue weighted by Crippen LogP contribution is -2.00. The van der Waals surface area contributed by atoms with Crippen molar-refractivity contribution in [3.63, 3.8) is 0 Å². The second kappa shape index (κ2) is 12.2. The predicted molar refractivity (Wildman–Crippen MR) is 124 cm³/mol. The number of nitrogens with zero attached hydrogens (tertiary/aromatic N) is 3. The molecule has 3 aromatic rings. The summed E-state index contributed by atoms with van der Waals surface area (Å²) in [5.74, 6) is 0.206. The van der Waals surface area contributed by atoms with Gasteiger partial charge in [-0.15, -0.1) is 9.90 Å². The van der Waals surface area contributed by atoms with Gasteiger partial charge in [-0.1, -0.05) is 101 Å². The molecular weight excluding hydrogens is 370 g/mol. The van der Waals surface area contributed by atoms with Gasteiger partial charge in [-0.2, -0.15) is 5.10 Å². The van der Waals surface area contributed by atoms with Crippen LogP contribution in [-0.4, -0.2) is 20.1 Å². The quantitative estimate of drug-likeness (QED) is 0.308. The summed E-state index contributed by atoms with van der Waals surface area (Å²) in [5.41, 5.74) is 3.68. The minimum atomic E-state index is 0.206. The Bertz CT molecular complexity index is 873. The van der Waals surface area contributed by atoms with Crippen LogP contribution in [0.3, 0.4) is 0 Å². The molecular formula is C26H35N3O. The van der Waals surface area contributed by atoms with Crippen molar-refractivity contribution in [2.45, 2.75) is 77.6 Å². The van der Waals surface area contributed by atoms with Crippen molar-refractivity contribution >= 4 is 0 Å². The molecule has 0 saturated carbocycles. The minimum Gasteiger partial charge on any atom is -0.506 e. The average Bonchev–Trinajstić information content (AvgIpc) is 3.27. The maximum absolute atomic E-state index is 10.3. The first kappa shape index (κ1) is 22.1. The van der Waals surface area contributed by atoms with Gasteiger partial charge in [0.05, 0.1) is 6.20 Å². The molecule has 1 aromatic heterocycles. The molecule has 0 saturated heterocycles. The average molecular weight is 406 g/mol. The summed E-state index contributed by atoms with van der Waals surface area (Å²) >= 11 is 0. The van der Waals surface area contributed by atoms with Gasteiger partial charge in [0.1, 0.15) is 17.1 Å². The monoisotopic (exact) mass is 405 g/mol. The van der Waals surface area contributed by atoms with Crippen LogP contribution < -0.4 is 0 Å². The van der Waals surface area contributed by atoms with Crippen LogP contribution in [0.4, 0.5) is 0 Å². The highest BCUT2D eigenvalue weighted by atomic mass is 16.3. The van der Waals surface area contributed by atoms with Crippen molar-refractivity contribution in [2.75, 3.05) is 0 Å². The molecule has 1 heterocycles. The highest BCUT2D eigenvalue weighted by Crippen LogP contribution is 2.24. The number of aromatic hydroxyl groups is 1. The van der Waals surface area contributed by atoms with Gasteiger partial charge in [-0.05, 0) is 30.5 Å². The van der Waals surface area contributed by atoms with E-state index in [2.05, 4.69) is 17.1 Å². The van der Waals surface area contributed by atoms with Gasteiger partial charge in [0.25, 0.3) is 0 Å². The predicted octanol–water partition coefficient (Wildman–Crippen LogP) is 7.10. The Labute approximate surface area is 181 Å². The number of hydrogen-bond donors (Lipinski definition) is 1. The summed E-state index contributed by atoms with van der Waals surface area (Å²) in [4.78, 5) is 1.53. The van der Waals surface area contributed by atoms with Gasteiger partial charge in [0.15, 0.2) is 0 Å². The number of aromatic nitrogens is 3. The first-order valence-corrected chi connectivity index (χ1v) is 11.6. The van der Waals surface area contributed by atoms with Crippen LogP contribution in [-0.2, 0) is 6.42 Å². The molecule has 0 aliphatic heterocycles. The maximum atomic E-state index is 10.3. The van der Waals surface area contributed by atoms with Crippen LogP contribution >= 0.6 is 0 Å². The van der Waals surface area contributed by atoms with Crippen molar-refractivity contribution < 1.29 is 5.11 Å². The maximum Gasteiger partial charge on any atom is 0.143 e. The molecule has 1 N–H and O–H groups in total. The van der Waals surface area contributed by atoms with Gasteiger partial charge in [0, 0.05) is 5.56 Å². The lowest BCUT2D eigenvalue weighted by molar-refractivity contribution is 0.467. The first-order chi connectivity index (χ1) is 14.8. The number of hydrogen-bond acceptors (Lipinski definition) is 3. The normalized spacial score (nSPS) is 11.1. The zero-order chi connectivity index (χ0) is 21.0. The highest BCUT2D eigenvalue weighted by Gasteiger charge is 2.10. The minimum absolute atomic E-state index is 0.206. The summed E-state index contributed by atoms with van der Waals surface area (Å²) in [6.07, 6.45) is 16.2. The van der Waals surface area contributed by atoms with Crippen molar-refractivity contribution in [1.82, 2.24) is 15.0 Å². The van der Waals surface area contributed by atoms with Gasteiger partial charge in [0.2, 0.25) is 0 Å². The van der Waals surface area contributed by atoms with E-state index in [1.807, 2.05) is 42.5 Å². The Morgan fingerprint density at radius 2 is 1.47 bits per heavy atom. The Hall–Kier alpha value is -2.62. The number of phenols is 1. The molecule has 0 aliphatic rings. The number of rotatable bonds is 13. The molecule has 0 bridgehead atoms. The van der Waals surface area contributed by atoms with E-state index in [0.29, 0.717) is 5.69 Å². The van der Waals surface area contributed by atoms with Crippen molar-refractivity contribution in [1.29, 1.82) is 0 Å². The summed E-state index contributed by atoms with van der Waals surface area (Å²) in [5, 5.41) is 19.2. The second-order valence-electron chi connectivity index (χ2n) is 8.14. The van der Waals surface area contributed by atoms with E-state index >= 15 is 0 Å². The SMILES string of the molecule is CCCCCCCCCCCCc1ccc(O)c(-n2ncc(-c3ccccc3)n2)c1. The van der Waals surface area contributed by atoms with Crippen LogP contribution in [0.1, 0.15) is 76.7 Å². The highest BCUT2D eigenvalue weighted by molar-refractivity contribution is 5.58. The number of benzene rings is 2. The molecule has 4 nitrogen and oxygen atoms in total. The van der Waals surface area contributed by atoms with E-state index in [4.69, 9.17) is 0 Å². The molecule has 0 unspecified atom stereocenters. The molecule has 0 amide bonds. The van der Waals surface area contributed by atoms with Gasteiger partial charge < -0.3 is 5.11 Å². The van der Waals surface area contributed by atoms with E-state index in [-0.39, 0.29) is 5.75 Å². The van der Waals surface area contributed by atoms with Crippen molar-refractivity contribution in [2.24, 2.45) is 0 Å². The largest absolute Gasteiger partial charge is 0.506 e. The van der Waals surface area contributed by atoms with Gasteiger partial charge >= 0.3 is 0 Å². The van der Waals surface area contributed by atoms with Crippen LogP contribution in [0.2, 0.25) is 0 Å². The van der Waals surface area contributed by atoms with E-state index in [0.717, 1.165) is 17.7 Å². The molecule has 0 atom stereocenters. The van der Waals surface area contributed by atoms with Crippen LogP contribution in [0.15, 0.2) is 54.7 Å². The molecule has 0 aliphatic carbocycles. The zero-order valence-electron chi connectivity index (χ0n) is 18.3. The third-order valence-electron chi connectivity index (χ3n) is 5.64. The summed E-state index contributed by atoms with van der Waals surface area (Å²) in [6, 6.07) is 15.7. The van der Waals surface area contributed by atoms with E-state index in [1.54, 1.807) is 12.3 Å². The van der Waals surface area contributed by atoms with Crippen molar-refractivity contribution in [3.05, 3.63) is 60.3 Å². The number of unbranched alkanes of at least 4 members (excludes halogenated alkanes) is 9. The molecule has 2 aromatic carbocycles. The van der Waals surface area contributed by atoms with Crippen LogP contribution in [0.25, 0.3) is 16.9 Å². The van der Waals surface area contributed by atoms with Crippen LogP contribution in [0, 0.1) is 0 Å². The van der Waals surface area contributed by atoms with E-state index in [9.17, 15) is 5.11 Å². The Morgan fingerprint density at radius 3 is 2.17 bits per heavy atom. The third kappa shape index (κ3) is 6.72. The van der Waals surface area contributed by atoms with Gasteiger partial charge in [-0.3, -0.25) is 0 Å². The van der Waals surface area contributed by atoms with Crippen LogP contribution in [0.5, 0.6) is 5.75 Å². The smallest absolute Gasteiger partial charge is 0.143 e. The number of aryl methyl sites for hydroxylation is 1. The topological polar surface area (TPSA) is 50.9 Å². The Morgan fingerprint density at radius 1 is 0.800 bits per heavy atom. The Kier molecular flexibility index (Phi) is 8.95. The Balaban J connectivity index is 1.46. The fraction of sp³-hybridized carbons (Fsp3) is 0.462. The number of phenolic OH excluding ortho intramolecular Hbond substituents is 1. The van der Waals surface area contributed by atoms with Gasteiger partial charge in [-0.25, -0.2) is 0 Å². The van der Waals surface area contributed by atoms with E-state index < -0.39 is 0 Å². The standard InChI is InChI=1S/C26H35N3O/c1-2-3-4-5-6-7-8-9-10-12-15-22-18-19-26(30)25(20-22)29-27-21-24(28-29)23-16-13-11-14-17-23/h11,13-14,16-21,30H,2-10,12,15H2,1H3. The fourth-order valence-electron chi connectivity index (χ4n) is 3.82. The zero-order valence-corrected chi connectivity index (χ0v) is 18.3. The van der Waals surface area contributed by atoms with E-state index in [1.165, 1.54) is 74.6 Å². The molecule has 3 rings (SSSR count). The molecule has 0 radical (unpaired) electrons. The molecule has 0 fully saturated rings. The molecule has 30 heavy (non-hydrogen) atoms. The van der Waals surface area contributed by atoms with Crippen molar-refractivity contribution in [3.8, 4) is 22.7 Å². The summed E-state index contributed by atoms with van der Waals surface area (Å²) in [7, 11) is 0. The fourth-order valence-corrected chi connectivity index (χ4v) is 3.82. The lowest BCUT2D eigenvalue weighted by atomic mass is 10.0. The molecule has 0 spiro atoms.